The molecule has 0 aliphatic heterocycles. The molecule has 2 amide bonds. The number of benzene rings is 2. The summed E-state index contributed by atoms with van der Waals surface area (Å²) in [7, 11) is 1.30. The summed E-state index contributed by atoms with van der Waals surface area (Å²) in [5.41, 5.74) is 1.62. The highest BCUT2D eigenvalue weighted by atomic mass is 19.4. The van der Waals surface area contributed by atoms with Crippen LogP contribution in [0.2, 0.25) is 0 Å². The molecule has 5 rings (SSSR count). The lowest BCUT2D eigenvalue weighted by atomic mass is 10.1. The smallest absolute Gasteiger partial charge is 0.416 e. The molecule has 0 unspecified atom stereocenters. The van der Waals surface area contributed by atoms with Gasteiger partial charge in [-0.15, -0.1) is 0 Å². The van der Waals surface area contributed by atoms with Crippen molar-refractivity contribution in [3.8, 4) is 11.6 Å². The second-order valence-electron chi connectivity index (χ2n) is 8.52. The Hall–Kier alpha value is -4.28. The number of fused-ring (bicyclic) bond motifs is 1. The van der Waals surface area contributed by atoms with Gasteiger partial charge in [-0.3, -0.25) is 0 Å². The quantitative estimate of drug-likeness (QED) is 0.316. The largest absolute Gasteiger partial charge is 0.495 e. The lowest BCUT2D eigenvalue weighted by Crippen LogP contribution is -2.20. The number of hydrogen-bond acceptors (Lipinski definition) is 5. The number of nitrogens with zero attached hydrogens (tertiary/aromatic N) is 3. The number of carbonyl (C=O) groups excluding carboxylic acids is 1. The zero-order valence-electron chi connectivity index (χ0n) is 19.1. The van der Waals surface area contributed by atoms with Gasteiger partial charge in [-0.05, 0) is 54.8 Å². The minimum absolute atomic E-state index is 0.0770. The molecule has 0 spiro atoms. The van der Waals surface area contributed by atoms with Crippen molar-refractivity contribution in [3.63, 3.8) is 0 Å². The average molecular weight is 497 g/mol. The topological polar surface area (TPSA) is 101 Å². The highest BCUT2D eigenvalue weighted by Crippen LogP contribution is 2.42. The molecule has 2 aromatic carbocycles. The Morgan fingerprint density at radius 3 is 2.56 bits per heavy atom. The van der Waals surface area contributed by atoms with Crippen molar-refractivity contribution >= 4 is 28.4 Å². The summed E-state index contributed by atoms with van der Waals surface area (Å²) in [5.74, 6) is 1.29. The first-order valence-electron chi connectivity index (χ1n) is 11.2. The Morgan fingerprint density at radius 2 is 1.89 bits per heavy atom. The van der Waals surface area contributed by atoms with Crippen molar-refractivity contribution in [1.82, 2.24) is 14.5 Å². The van der Waals surface area contributed by atoms with Crippen LogP contribution < -0.4 is 15.4 Å². The Kier molecular flexibility index (Phi) is 5.91. The van der Waals surface area contributed by atoms with Gasteiger partial charge in [0.1, 0.15) is 17.1 Å². The van der Waals surface area contributed by atoms with Gasteiger partial charge >= 0.3 is 12.2 Å². The summed E-state index contributed by atoms with van der Waals surface area (Å²) in [4.78, 5) is 21.1. The number of nitrogens with one attached hydrogen (secondary N) is 2. The van der Waals surface area contributed by atoms with Crippen molar-refractivity contribution in [3.05, 3.63) is 71.7 Å². The Morgan fingerprint density at radius 1 is 1.14 bits per heavy atom. The molecule has 0 radical (unpaired) electrons. The number of aromatic hydroxyl groups is 1. The first-order valence-corrected chi connectivity index (χ1v) is 11.2. The number of methoxy groups -OCH3 is 1. The van der Waals surface area contributed by atoms with Gasteiger partial charge in [0.25, 0.3) is 0 Å². The number of halogens is 3. The third-order valence-corrected chi connectivity index (χ3v) is 5.94. The van der Waals surface area contributed by atoms with E-state index in [9.17, 15) is 23.1 Å². The van der Waals surface area contributed by atoms with Crippen LogP contribution in [-0.2, 0) is 12.7 Å². The zero-order valence-corrected chi connectivity index (χ0v) is 19.1. The molecule has 11 heteroatoms. The maximum atomic E-state index is 13.0. The molecular formula is C25H22F3N5O3. The van der Waals surface area contributed by atoms with Crippen molar-refractivity contribution in [2.45, 2.75) is 31.5 Å². The number of amides is 2. The van der Waals surface area contributed by atoms with Crippen LogP contribution in [0.15, 0.2) is 54.7 Å². The van der Waals surface area contributed by atoms with E-state index >= 15 is 0 Å². The standard InChI is InChI=1S/C25H22F3N5O3/c1-36-20-9-6-16(25(26,27)28)12-19(20)32-24(35)30-17-7-2-14(3-8-17)13-33-21-18(10-11-29-23(21)34)31-22(33)15-4-5-15/h2-3,6-12,15H,4-5,13H2,1H3,(H,29,34)(H2,30,32,35). The lowest BCUT2D eigenvalue weighted by Gasteiger charge is -2.14. The molecule has 36 heavy (non-hydrogen) atoms. The van der Waals surface area contributed by atoms with Crippen LogP contribution in [0.25, 0.3) is 11.0 Å². The van der Waals surface area contributed by atoms with Crippen LogP contribution in [0.5, 0.6) is 11.6 Å². The van der Waals surface area contributed by atoms with E-state index < -0.39 is 17.8 Å². The average Bonchev–Trinajstić information content (AvgIpc) is 3.61. The molecule has 0 bridgehead atoms. The number of anilines is 2. The minimum Gasteiger partial charge on any atom is -0.495 e. The van der Waals surface area contributed by atoms with E-state index in [1.54, 1.807) is 18.2 Å². The number of rotatable bonds is 6. The molecule has 3 N–H and O–H groups in total. The van der Waals surface area contributed by atoms with Gasteiger partial charge in [-0.25, -0.2) is 14.8 Å². The number of hydrogen-bond donors (Lipinski definition) is 3. The number of carbonyl (C=O) groups is 1. The van der Waals surface area contributed by atoms with Gasteiger partial charge in [-0.1, -0.05) is 12.1 Å². The number of imidazole rings is 1. The lowest BCUT2D eigenvalue weighted by molar-refractivity contribution is -0.137. The van der Waals surface area contributed by atoms with Crippen molar-refractivity contribution in [2.75, 3.05) is 17.7 Å². The SMILES string of the molecule is COc1ccc(C(F)(F)F)cc1NC(=O)Nc1ccc(Cn2c(C3CC3)nc3ccnc(O)c32)cc1. The number of alkyl halides is 3. The molecule has 0 atom stereocenters. The van der Waals surface area contributed by atoms with E-state index in [0.29, 0.717) is 29.2 Å². The Balaban J connectivity index is 1.31. The molecule has 8 nitrogen and oxygen atoms in total. The van der Waals surface area contributed by atoms with E-state index in [-0.39, 0.29) is 17.3 Å². The molecule has 186 valence electrons. The third-order valence-electron chi connectivity index (χ3n) is 5.94. The van der Waals surface area contributed by atoms with Gasteiger partial charge in [0.15, 0.2) is 0 Å². The fourth-order valence-electron chi connectivity index (χ4n) is 4.04. The summed E-state index contributed by atoms with van der Waals surface area (Å²) in [5, 5.41) is 15.3. The van der Waals surface area contributed by atoms with E-state index in [1.807, 2.05) is 16.7 Å². The predicted molar refractivity (Wildman–Crippen MR) is 127 cm³/mol. The van der Waals surface area contributed by atoms with E-state index in [0.717, 1.165) is 42.4 Å². The summed E-state index contributed by atoms with van der Waals surface area (Å²) in [6.45, 7) is 0.454. The van der Waals surface area contributed by atoms with E-state index in [2.05, 4.69) is 20.6 Å². The molecule has 1 saturated carbocycles. The predicted octanol–water partition coefficient (Wildman–Crippen LogP) is 5.73. The number of pyridine rings is 1. The zero-order chi connectivity index (χ0) is 25.4. The molecule has 1 fully saturated rings. The third kappa shape index (κ3) is 4.77. The highest BCUT2D eigenvalue weighted by molar-refractivity contribution is 6.00. The summed E-state index contributed by atoms with van der Waals surface area (Å²) in [6.07, 6.45) is -0.938. The van der Waals surface area contributed by atoms with Gasteiger partial charge in [0.05, 0.1) is 23.9 Å². The van der Waals surface area contributed by atoms with E-state index in [4.69, 9.17) is 4.74 Å². The molecule has 0 saturated heterocycles. The van der Waals surface area contributed by atoms with Crippen molar-refractivity contribution < 1.29 is 27.8 Å². The molecule has 1 aliphatic rings. The van der Waals surface area contributed by atoms with Gasteiger partial charge < -0.3 is 25.0 Å². The van der Waals surface area contributed by atoms with Crippen molar-refractivity contribution in [1.29, 1.82) is 0 Å². The van der Waals surface area contributed by atoms with Crippen LogP contribution in [0, 0.1) is 0 Å². The van der Waals surface area contributed by atoms with Gasteiger partial charge in [0, 0.05) is 24.3 Å². The van der Waals surface area contributed by atoms with Crippen LogP contribution in [-0.4, -0.2) is 32.8 Å². The van der Waals surface area contributed by atoms with Crippen LogP contribution in [0.3, 0.4) is 0 Å². The van der Waals surface area contributed by atoms with Crippen LogP contribution in [0.1, 0.15) is 35.7 Å². The molecular weight excluding hydrogens is 475 g/mol. The van der Waals surface area contributed by atoms with Crippen LogP contribution >= 0.6 is 0 Å². The van der Waals surface area contributed by atoms with Crippen LogP contribution in [0.4, 0.5) is 29.3 Å². The highest BCUT2D eigenvalue weighted by Gasteiger charge is 2.32. The number of aromatic nitrogens is 3. The Labute approximate surface area is 203 Å². The fourth-order valence-corrected chi connectivity index (χ4v) is 4.04. The summed E-state index contributed by atoms with van der Waals surface area (Å²) in [6, 6.07) is 10.9. The number of urea groups is 1. The normalized spacial score (nSPS) is 13.6. The second-order valence-corrected chi connectivity index (χ2v) is 8.52. The monoisotopic (exact) mass is 497 g/mol. The molecule has 1 aliphatic carbocycles. The minimum atomic E-state index is -4.55. The summed E-state index contributed by atoms with van der Waals surface area (Å²) < 4.78 is 46.2. The first-order chi connectivity index (χ1) is 17.2. The van der Waals surface area contributed by atoms with E-state index in [1.165, 1.54) is 13.3 Å². The van der Waals surface area contributed by atoms with Gasteiger partial charge in [-0.2, -0.15) is 13.2 Å². The maximum absolute atomic E-state index is 13.0. The molecule has 2 heterocycles. The molecule has 4 aromatic rings. The number of ether oxygens (including phenoxy) is 1. The van der Waals surface area contributed by atoms with Gasteiger partial charge in [0.2, 0.25) is 5.88 Å². The fraction of sp³-hybridized carbons (Fsp3) is 0.240. The second kappa shape index (κ2) is 9.06. The van der Waals surface area contributed by atoms with Crippen molar-refractivity contribution in [2.24, 2.45) is 0 Å². The maximum Gasteiger partial charge on any atom is 0.416 e. The first kappa shape index (κ1) is 23.5. The molecule has 2 aromatic heterocycles. The summed E-state index contributed by atoms with van der Waals surface area (Å²) >= 11 is 0. The Bertz CT molecular complexity index is 1430.